The second kappa shape index (κ2) is 5.14. The van der Waals surface area contributed by atoms with Crippen molar-refractivity contribution in [1.29, 1.82) is 0 Å². The minimum absolute atomic E-state index is 0.106. The predicted molar refractivity (Wildman–Crippen MR) is 65.0 cm³/mol. The molecule has 0 unspecified atom stereocenters. The molecule has 5 heteroatoms. The van der Waals surface area contributed by atoms with Crippen LogP contribution in [0.15, 0.2) is 18.2 Å². The Balaban J connectivity index is 2.04. The third kappa shape index (κ3) is 3.17. The van der Waals surface area contributed by atoms with Gasteiger partial charge in [-0.1, -0.05) is 0 Å². The van der Waals surface area contributed by atoms with Gasteiger partial charge in [-0.15, -0.1) is 0 Å². The average Bonchev–Trinajstić information content (AvgIpc) is 3.13. The Morgan fingerprint density at radius 2 is 2.29 bits per heavy atom. The Kier molecular flexibility index (Phi) is 3.58. The number of nitro benzene ring substituents is 1. The quantitative estimate of drug-likeness (QED) is 0.609. The number of non-ortho nitro benzene ring substituents is 1. The molecule has 1 fully saturated rings. The molecule has 17 heavy (non-hydrogen) atoms. The van der Waals surface area contributed by atoms with Crippen LogP contribution in [0, 0.1) is 16.0 Å². The summed E-state index contributed by atoms with van der Waals surface area (Å²) in [7, 11) is 1.80. The monoisotopic (exact) mass is 236 g/mol. The van der Waals surface area contributed by atoms with Crippen molar-refractivity contribution in [2.24, 2.45) is 5.92 Å². The van der Waals surface area contributed by atoms with Gasteiger partial charge in [0.05, 0.1) is 11.5 Å². The second-order valence-corrected chi connectivity index (χ2v) is 4.31. The van der Waals surface area contributed by atoms with E-state index in [-0.39, 0.29) is 10.6 Å². The third-order valence-corrected chi connectivity index (χ3v) is 2.88. The van der Waals surface area contributed by atoms with Gasteiger partial charge in [0, 0.05) is 37.0 Å². The molecule has 0 aliphatic heterocycles. The van der Waals surface area contributed by atoms with Crippen molar-refractivity contribution in [2.75, 3.05) is 19.0 Å². The molecule has 0 atom stereocenters. The summed E-state index contributed by atoms with van der Waals surface area (Å²) in [5.41, 5.74) is 1.82. The van der Waals surface area contributed by atoms with Gasteiger partial charge in [-0.2, -0.15) is 0 Å². The number of ether oxygens (including phenoxy) is 1. The fourth-order valence-corrected chi connectivity index (χ4v) is 1.68. The lowest BCUT2D eigenvalue weighted by atomic mass is 10.1. The van der Waals surface area contributed by atoms with Crippen molar-refractivity contribution >= 4 is 11.4 Å². The maximum atomic E-state index is 10.7. The van der Waals surface area contributed by atoms with Crippen LogP contribution in [0.3, 0.4) is 0 Å². The molecule has 1 aliphatic carbocycles. The molecule has 0 heterocycles. The molecule has 0 saturated heterocycles. The molecule has 0 aromatic heterocycles. The molecule has 5 nitrogen and oxygen atoms in total. The van der Waals surface area contributed by atoms with Crippen molar-refractivity contribution in [3.8, 4) is 0 Å². The zero-order valence-electron chi connectivity index (χ0n) is 9.81. The lowest BCUT2D eigenvalue weighted by Gasteiger charge is -2.09. The lowest BCUT2D eigenvalue weighted by Crippen LogP contribution is -2.02. The first-order valence-corrected chi connectivity index (χ1v) is 5.73. The maximum Gasteiger partial charge on any atom is 0.269 e. The number of hydrogen-bond donors (Lipinski definition) is 1. The largest absolute Gasteiger partial charge is 0.388 e. The molecular formula is C12H16N2O3. The van der Waals surface area contributed by atoms with Crippen molar-refractivity contribution < 1.29 is 9.66 Å². The van der Waals surface area contributed by atoms with Gasteiger partial charge in [-0.3, -0.25) is 10.1 Å². The van der Waals surface area contributed by atoms with E-state index in [1.54, 1.807) is 19.2 Å². The Hall–Kier alpha value is -1.62. The van der Waals surface area contributed by atoms with Crippen LogP contribution in [0.5, 0.6) is 0 Å². The molecule has 92 valence electrons. The van der Waals surface area contributed by atoms with Crippen molar-refractivity contribution in [3.63, 3.8) is 0 Å². The van der Waals surface area contributed by atoms with Crippen LogP contribution in [0.4, 0.5) is 11.4 Å². The molecule has 0 amide bonds. The van der Waals surface area contributed by atoms with Gasteiger partial charge >= 0.3 is 0 Å². The number of anilines is 1. The van der Waals surface area contributed by atoms with Crippen LogP contribution in [0.25, 0.3) is 0 Å². The SMILES string of the molecule is CNc1ccc([N+](=O)[O-])cc1COCC1CC1. The normalized spacial score (nSPS) is 14.6. The fraction of sp³-hybridized carbons (Fsp3) is 0.500. The summed E-state index contributed by atoms with van der Waals surface area (Å²) in [6, 6.07) is 4.78. The highest BCUT2D eigenvalue weighted by molar-refractivity contribution is 5.55. The Labute approximate surface area is 99.9 Å². The first-order chi connectivity index (χ1) is 8.20. The van der Waals surface area contributed by atoms with Gasteiger partial charge in [-0.05, 0) is 24.8 Å². The Bertz CT molecular complexity index is 416. The van der Waals surface area contributed by atoms with Crippen LogP contribution in [-0.2, 0) is 11.3 Å². The molecule has 1 aromatic carbocycles. The molecule has 1 N–H and O–H groups in total. The van der Waals surface area contributed by atoms with E-state index in [0.29, 0.717) is 12.5 Å². The summed E-state index contributed by atoms with van der Waals surface area (Å²) < 4.78 is 5.56. The zero-order valence-corrected chi connectivity index (χ0v) is 9.81. The summed E-state index contributed by atoms with van der Waals surface area (Å²) >= 11 is 0. The molecule has 1 saturated carbocycles. The second-order valence-electron chi connectivity index (χ2n) is 4.31. The number of rotatable bonds is 6. The van der Waals surface area contributed by atoms with Gasteiger partial charge in [0.1, 0.15) is 0 Å². The number of hydrogen-bond acceptors (Lipinski definition) is 4. The van der Waals surface area contributed by atoms with E-state index in [9.17, 15) is 10.1 Å². The van der Waals surface area contributed by atoms with E-state index in [1.807, 2.05) is 0 Å². The van der Waals surface area contributed by atoms with Crippen LogP contribution < -0.4 is 5.32 Å². The van der Waals surface area contributed by atoms with Crippen LogP contribution >= 0.6 is 0 Å². The van der Waals surface area contributed by atoms with Crippen molar-refractivity contribution in [3.05, 3.63) is 33.9 Å². The van der Waals surface area contributed by atoms with E-state index < -0.39 is 0 Å². The molecule has 1 aromatic rings. The van der Waals surface area contributed by atoms with Crippen LogP contribution in [0.1, 0.15) is 18.4 Å². The molecule has 2 rings (SSSR count). The highest BCUT2D eigenvalue weighted by Crippen LogP contribution is 2.30. The summed E-state index contributed by atoms with van der Waals surface area (Å²) in [6.07, 6.45) is 2.49. The minimum atomic E-state index is -0.385. The highest BCUT2D eigenvalue weighted by atomic mass is 16.6. The molecular weight excluding hydrogens is 220 g/mol. The van der Waals surface area contributed by atoms with Crippen molar-refractivity contribution in [2.45, 2.75) is 19.4 Å². The highest BCUT2D eigenvalue weighted by Gasteiger charge is 2.21. The maximum absolute atomic E-state index is 10.7. The number of benzene rings is 1. The standard InChI is InChI=1S/C12H16N2O3/c1-13-12-5-4-11(14(15)16)6-10(12)8-17-7-9-2-3-9/h4-6,9,13H,2-3,7-8H2,1H3. The van der Waals surface area contributed by atoms with Crippen LogP contribution in [-0.4, -0.2) is 18.6 Å². The Morgan fingerprint density at radius 1 is 1.53 bits per heavy atom. The van der Waals surface area contributed by atoms with Gasteiger partial charge in [0.2, 0.25) is 0 Å². The number of nitrogens with one attached hydrogen (secondary N) is 1. The first-order valence-electron chi connectivity index (χ1n) is 5.73. The van der Waals surface area contributed by atoms with Crippen molar-refractivity contribution in [1.82, 2.24) is 0 Å². The average molecular weight is 236 g/mol. The topological polar surface area (TPSA) is 64.4 Å². The summed E-state index contributed by atoms with van der Waals surface area (Å²) in [5, 5.41) is 13.7. The van der Waals surface area contributed by atoms with E-state index in [0.717, 1.165) is 17.9 Å². The molecule has 0 spiro atoms. The number of nitro groups is 1. The van der Waals surface area contributed by atoms with Gasteiger partial charge in [0.15, 0.2) is 0 Å². The summed E-state index contributed by atoms with van der Waals surface area (Å²) in [5.74, 6) is 0.701. The zero-order chi connectivity index (χ0) is 12.3. The van der Waals surface area contributed by atoms with Gasteiger partial charge in [-0.25, -0.2) is 0 Å². The molecule has 0 radical (unpaired) electrons. The van der Waals surface area contributed by atoms with E-state index >= 15 is 0 Å². The van der Waals surface area contributed by atoms with Crippen LogP contribution in [0.2, 0.25) is 0 Å². The molecule has 0 bridgehead atoms. The fourth-order valence-electron chi connectivity index (χ4n) is 1.68. The lowest BCUT2D eigenvalue weighted by molar-refractivity contribution is -0.384. The predicted octanol–water partition coefficient (Wildman–Crippen LogP) is 2.56. The van der Waals surface area contributed by atoms with Gasteiger partial charge in [0.25, 0.3) is 5.69 Å². The Morgan fingerprint density at radius 3 is 2.88 bits per heavy atom. The number of nitrogens with zero attached hydrogens (tertiary/aromatic N) is 1. The summed E-state index contributed by atoms with van der Waals surface area (Å²) in [6.45, 7) is 1.18. The smallest absolute Gasteiger partial charge is 0.269 e. The minimum Gasteiger partial charge on any atom is -0.388 e. The van der Waals surface area contributed by atoms with Gasteiger partial charge < -0.3 is 10.1 Å². The first kappa shape index (κ1) is 11.9. The summed E-state index contributed by atoms with van der Waals surface area (Å²) in [4.78, 5) is 10.3. The third-order valence-electron chi connectivity index (χ3n) is 2.88. The van der Waals surface area contributed by atoms with E-state index in [4.69, 9.17) is 4.74 Å². The van der Waals surface area contributed by atoms with E-state index in [1.165, 1.54) is 18.9 Å². The van der Waals surface area contributed by atoms with E-state index in [2.05, 4.69) is 5.32 Å². The molecule has 1 aliphatic rings.